The highest BCUT2D eigenvalue weighted by Gasteiger charge is 2.31. The van der Waals surface area contributed by atoms with E-state index in [1.165, 1.54) is 0 Å². The lowest BCUT2D eigenvalue weighted by atomic mass is 9.96. The van der Waals surface area contributed by atoms with Gasteiger partial charge in [-0.05, 0) is 13.3 Å². The van der Waals surface area contributed by atoms with Gasteiger partial charge in [-0.1, -0.05) is 0 Å². The molecule has 1 aliphatic rings. The van der Waals surface area contributed by atoms with Gasteiger partial charge in [-0.25, -0.2) is 0 Å². The van der Waals surface area contributed by atoms with E-state index in [4.69, 9.17) is 9.84 Å². The number of carbonyl (C=O) groups is 2. The number of carboxylic acids is 1. The normalized spacial score (nSPS) is 15.9. The van der Waals surface area contributed by atoms with Crippen LogP contribution in [0.5, 0.6) is 0 Å². The lowest BCUT2D eigenvalue weighted by Gasteiger charge is -2.38. The number of nitrogens with zero attached hydrogens (tertiary/aromatic N) is 1. The van der Waals surface area contributed by atoms with Crippen LogP contribution < -0.4 is 0 Å². The second kappa shape index (κ2) is 6.48. The number of amides is 1. The van der Waals surface area contributed by atoms with Gasteiger partial charge in [0.25, 0.3) is 0 Å². The van der Waals surface area contributed by atoms with Crippen LogP contribution in [0.15, 0.2) is 0 Å². The minimum absolute atomic E-state index is 0.112. The Hall–Kier alpha value is -1.10. The molecule has 0 unspecified atom stereocenters. The summed E-state index contributed by atoms with van der Waals surface area (Å²) in [4.78, 5) is 23.7. The number of hydrogen-bond donors (Lipinski definition) is 1. The molecular weight excluding hydrogens is 210 g/mol. The van der Waals surface area contributed by atoms with Crippen molar-refractivity contribution in [3.63, 3.8) is 0 Å². The molecule has 1 amide bonds. The molecule has 0 atom stereocenters. The van der Waals surface area contributed by atoms with Gasteiger partial charge >= 0.3 is 5.97 Å². The molecule has 0 aromatic heterocycles. The van der Waals surface area contributed by atoms with Crippen molar-refractivity contribution < 1.29 is 19.4 Å². The van der Waals surface area contributed by atoms with E-state index in [2.05, 4.69) is 0 Å². The molecule has 0 aliphatic carbocycles. The third kappa shape index (κ3) is 4.18. The highest BCUT2D eigenvalue weighted by Crippen LogP contribution is 2.20. The Labute approximate surface area is 95.4 Å². The van der Waals surface area contributed by atoms with Gasteiger partial charge in [0, 0.05) is 38.6 Å². The summed E-state index contributed by atoms with van der Waals surface area (Å²) in [5.74, 6) is -0.525. The van der Waals surface area contributed by atoms with Crippen LogP contribution in [0.4, 0.5) is 0 Å². The molecule has 5 nitrogen and oxygen atoms in total. The van der Waals surface area contributed by atoms with Crippen LogP contribution in [0.1, 0.15) is 26.2 Å². The first kappa shape index (κ1) is 13.0. The summed E-state index contributed by atoms with van der Waals surface area (Å²) in [5.41, 5.74) is 0. The highest BCUT2D eigenvalue weighted by atomic mass is 16.5. The molecule has 1 rings (SSSR count). The first-order valence-electron chi connectivity index (χ1n) is 5.70. The quantitative estimate of drug-likeness (QED) is 0.654. The molecule has 16 heavy (non-hydrogen) atoms. The van der Waals surface area contributed by atoms with Crippen molar-refractivity contribution in [3.8, 4) is 0 Å². The molecular formula is C11H19NO4. The van der Waals surface area contributed by atoms with Gasteiger partial charge in [0.15, 0.2) is 0 Å². The predicted octanol–water partition coefficient (Wildman–Crippen LogP) is 0.736. The highest BCUT2D eigenvalue weighted by molar-refractivity contribution is 5.77. The molecule has 1 heterocycles. The molecule has 1 fully saturated rings. The van der Waals surface area contributed by atoms with Crippen LogP contribution in [-0.2, 0) is 14.3 Å². The minimum Gasteiger partial charge on any atom is -0.481 e. The zero-order valence-corrected chi connectivity index (χ0v) is 9.65. The molecule has 0 bridgehead atoms. The van der Waals surface area contributed by atoms with E-state index in [1.807, 2.05) is 6.92 Å². The number of rotatable bonds is 7. The predicted molar refractivity (Wildman–Crippen MR) is 58.0 cm³/mol. The van der Waals surface area contributed by atoms with Crippen LogP contribution in [0.25, 0.3) is 0 Å². The molecule has 0 saturated carbocycles. The fraction of sp³-hybridized carbons (Fsp3) is 0.818. The molecule has 5 heteroatoms. The average Bonchev–Trinajstić information content (AvgIpc) is 2.17. The maximum absolute atomic E-state index is 11.5. The van der Waals surface area contributed by atoms with E-state index in [9.17, 15) is 9.59 Å². The third-order valence-corrected chi connectivity index (χ3v) is 2.66. The van der Waals surface area contributed by atoms with E-state index < -0.39 is 5.97 Å². The van der Waals surface area contributed by atoms with E-state index in [1.54, 1.807) is 4.90 Å². The Bertz CT molecular complexity index is 248. The van der Waals surface area contributed by atoms with Crippen molar-refractivity contribution in [2.45, 2.75) is 26.2 Å². The Morgan fingerprint density at radius 1 is 1.44 bits per heavy atom. The van der Waals surface area contributed by atoms with Gasteiger partial charge < -0.3 is 14.7 Å². The van der Waals surface area contributed by atoms with Gasteiger partial charge in [-0.2, -0.15) is 0 Å². The van der Waals surface area contributed by atoms with Crippen LogP contribution >= 0.6 is 0 Å². The number of aliphatic carboxylic acids is 1. The number of carbonyl (C=O) groups excluding carboxylic acids is 1. The van der Waals surface area contributed by atoms with Crippen molar-refractivity contribution in [2.24, 2.45) is 5.92 Å². The Morgan fingerprint density at radius 2 is 2.12 bits per heavy atom. The second-order valence-corrected chi connectivity index (χ2v) is 4.06. The molecule has 0 aromatic rings. The van der Waals surface area contributed by atoms with Crippen molar-refractivity contribution in [3.05, 3.63) is 0 Å². The monoisotopic (exact) mass is 229 g/mol. The lowest BCUT2D eigenvalue weighted by molar-refractivity contribution is -0.145. The summed E-state index contributed by atoms with van der Waals surface area (Å²) >= 11 is 0. The largest absolute Gasteiger partial charge is 0.481 e. The summed E-state index contributed by atoms with van der Waals surface area (Å²) in [6.45, 7) is 4.42. The smallest absolute Gasteiger partial charge is 0.303 e. The van der Waals surface area contributed by atoms with Crippen molar-refractivity contribution in [1.82, 2.24) is 4.90 Å². The van der Waals surface area contributed by atoms with Gasteiger partial charge in [-0.15, -0.1) is 0 Å². The first-order chi connectivity index (χ1) is 7.63. The number of ether oxygens (including phenoxy) is 1. The molecule has 1 aliphatic heterocycles. The Balaban J connectivity index is 2.05. The van der Waals surface area contributed by atoms with Crippen molar-refractivity contribution >= 4 is 11.9 Å². The van der Waals surface area contributed by atoms with Gasteiger partial charge in [0.1, 0.15) is 0 Å². The van der Waals surface area contributed by atoms with Gasteiger partial charge in [0.2, 0.25) is 5.91 Å². The number of hydrogen-bond acceptors (Lipinski definition) is 3. The van der Waals surface area contributed by atoms with Crippen molar-refractivity contribution in [1.29, 1.82) is 0 Å². The standard InChI is InChI=1S/C11H19NO4/c1-2-16-5-3-4-10(13)12-7-9(8-12)6-11(14)15/h9H,2-8H2,1H3,(H,14,15). The van der Waals surface area contributed by atoms with E-state index in [0.717, 1.165) is 6.42 Å². The molecule has 0 radical (unpaired) electrons. The summed E-state index contributed by atoms with van der Waals surface area (Å²) in [6.07, 6.45) is 1.41. The lowest BCUT2D eigenvalue weighted by Crippen LogP contribution is -2.50. The fourth-order valence-electron chi connectivity index (χ4n) is 1.78. The van der Waals surface area contributed by atoms with Crippen LogP contribution in [0.3, 0.4) is 0 Å². The van der Waals surface area contributed by atoms with E-state index in [0.29, 0.717) is 32.7 Å². The van der Waals surface area contributed by atoms with E-state index >= 15 is 0 Å². The summed E-state index contributed by atoms with van der Waals surface area (Å²) in [5, 5.41) is 8.55. The van der Waals surface area contributed by atoms with Crippen LogP contribution in [0.2, 0.25) is 0 Å². The third-order valence-electron chi connectivity index (χ3n) is 2.66. The number of carboxylic acid groups (broad SMARTS) is 1. The van der Waals surface area contributed by atoms with Crippen LogP contribution in [0, 0.1) is 5.92 Å². The fourth-order valence-corrected chi connectivity index (χ4v) is 1.78. The second-order valence-electron chi connectivity index (χ2n) is 4.06. The van der Waals surface area contributed by atoms with Crippen molar-refractivity contribution in [2.75, 3.05) is 26.3 Å². The summed E-state index contributed by atoms with van der Waals surface area (Å²) in [6, 6.07) is 0. The number of likely N-dealkylation sites (tertiary alicyclic amines) is 1. The first-order valence-corrected chi connectivity index (χ1v) is 5.70. The molecule has 92 valence electrons. The zero-order chi connectivity index (χ0) is 12.0. The maximum Gasteiger partial charge on any atom is 0.303 e. The summed E-state index contributed by atoms with van der Waals surface area (Å²) in [7, 11) is 0. The minimum atomic E-state index is -0.784. The SMILES string of the molecule is CCOCCCC(=O)N1CC(CC(=O)O)C1. The molecule has 1 saturated heterocycles. The Morgan fingerprint density at radius 3 is 2.69 bits per heavy atom. The average molecular weight is 229 g/mol. The van der Waals surface area contributed by atoms with Gasteiger partial charge in [0.05, 0.1) is 6.42 Å². The molecule has 0 aromatic carbocycles. The van der Waals surface area contributed by atoms with E-state index in [-0.39, 0.29) is 18.2 Å². The molecule has 1 N–H and O–H groups in total. The maximum atomic E-state index is 11.5. The topological polar surface area (TPSA) is 66.8 Å². The summed E-state index contributed by atoms with van der Waals surface area (Å²) < 4.78 is 5.14. The zero-order valence-electron chi connectivity index (χ0n) is 9.65. The van der Waals surface area contributed by atoms with Gasteiger partial charge in [-0.3, -0.25) is 9.59 Å². The molecule has 0 spiro atoms. The Kier molecular flexibility index (Phi) is 5.25. The van der Waals surface area contributed by atoms with Crippen LogP contribution in [-0.4, -0.2) is 48.2 Å².